The van der Waals surface area contributed by atoms with Crippen LogP contribution < -0.4 is 15.8 Å². The van der Waals surface area contributed by atoms with E-state index in [1.165, 1.54) is 0 Å². The third-order valence-electron chi connectivity index (χ3n) is 2.80. The zero-order chi connectivity index (χ0) is 13.8. The van der Waals surface area contributed by atoms with E-state index < -0.39 is 0 Å². The highest BCUT2D eigenvalue weighted by Gasteiger charge is 2.19. The largest absolute Gasteiger partial charge is 0.489 e. The molecule has 3 N–H and O–H groups in total. The minimum atomic E-state index is -0.00758. The molecule has 1 aliphatic heterocycles. The fraction of sp³-hybridized carbons (Fsp3) is 0.500. The van der Waals surface area contributed by atoms with Gasteiger partial charge in [0.2, 0.25) is 5.91 Å². The molecule has 2 rings (SSSR count). The summed E-state index contributed by atoms with van der Waals surface area (Å²) >= 11 is 0. The van der Waals surface area contributed by atoms with Gasteiger partial charge in [0, 0.05) is 18.4 Å². The summed E-state index contributed by atoms with van der Waals surface area (Å²) in [6.45, 7) is 5.90. The number of fused-ring (bicyclic) bond motifs is 1. The monoisotopic (exact) mass is 264 g/mol. The zero-order valence-corrected chi connectivity index (χ0v) is 11.4. The minimum Gasteiger partial charge on any atom is -0.489 e. The Hall–Kier alpha value is -1.75. The van der Waals surface area contributed by atoms with Gasteiger partial charge in [-0.05, 0) is 17.5 Å². The number of carbonyl (C=O) groups excluding carboxylic acids is 1. The van der Waals surface area contributed by atoms with Gasteiger partial charge in [0.05, 0.1) is 18.7 Å². The molecule has 0 bridgehead atoms. The molecule has 19 heavy (non-hydrogen) atoms. The molecular weight excluding hydrogens is 244 g/mol. The second-order valence-corrected chi connectivity index (χ2v) is 5.09. The van der Waals surface area contributed by atoms with E-state index in [1.807, 2.05) is 0 Å². The Bertz CT molecular complexity index is 472. The van der Waals surface area contributed by atoms with Crippen molar-refractivity contribution in [1.82, 2.24) is 0 Å². The number of carbonyl (C=O) groups is 1. The lowest BCUT2D eigenvalue weighted by Crippen LogP contribution is -2.11. The van der Waals surface area contributed by atoms with E-state index in [2.05, 4.69) is 19.2 Å². The van der Waals surface area contributed by atoms with Crippen LogP contribution >= 0.6 is 0 Å². The number of amides is 1. The van der Waals surface area contributed by atoms with Crippen molar-refractivity contribution in [2.75, 3.05) is 30.9 Å². The van der Waals surface area contributed by atoms with Gasteiger partial charge >= 0.3 is 0 Å². The van der Waals surface area contributed by atoms with Crippen molar-refractivity contribution >= 4 is 17.3 Å². The Morgan fingerprint density at radius 3 is 2.89 bits per heavy atom. The minimum absolute atomic E-state index is 0.00758. The quantitative estimate of drug-likeness (QED) is 0.607. The van der Waals surface area contributed by atoms with Crippen LogP contribution in [0, 0.1) is 5.92 Å². The zero-order valence-electron chi connectivity index (χ0n) is 11.4. The summed E-state index contributed by atoms with van der Waals surface area (Å²) in [6, 6.07) is 3.57. The SMILES string of the molecule is CC(C)COCCOc1cc2c(cc1N)CC(=O)N2. The van der Waals surface area contributed by atoms with Gasteiger partial charge in [0.15, 0.2) is 0 Å². The lowest BCUT2D eigenvalue weighted by Gasteiger charge is -2.11. The van der Waals surface area contributed by atoms with Crippen molar-refractivity contribution in [3.05, 3.63) is 17.7 Å². The number of benzene rings is 1. The van der Waals surface area contributed by atoms with Crippen molar-refractivity contribution in [3.8, 4) is 5.75 Å². The van der Waals surface area contributed by atoms with Crippen LogP contribution in [0.1, 0.15) is 19.4 Å². The van der Waals surface area contributed by atoms with Gasteiger partial charge in [-0.3, -0.25) is 4.79 Å². The van der Waals surface area contributed by atoms with Crippen molar-refractivity contribution in [1.29, 1.82) is 0 Å². The molecule has 1 aromatic rings. The first-order valence-corrected chi connectivity index (χ1v) is 6.49. The Morgan fingerprint density at radius 2 is 2.16 bits per heavy atom. The number of nitrogens with two attached hydrogens (primary N) is 1. The Balaban J connectivity index is 1.87. The van der Waals surface area contributed by atoms with Crippen LogP contribution in [-0.4, -0.2) is 25.7 Å². The molecular formula is C14H20N2O3. The van der Waals surface area contributed by atoms with Crippen LogP contribution in [0.4, 0.5) is 11.4 Å². The maximum Gasteiger partial charge on any atom is 0.228 e. The van der Waals surface area contributed by atoms with Crippen LogP contribution in [0.5, 0.6) is 5.75 Å². The molecule has 0 saturated carbocycles. The van der Waals surface area contributed by atoms with E-state index in [0.717, 1.165) is 17.9 Å². The summed E-state index contributed by atoms with van der Waals surface area (Å²) in [5, 5.41) is 2.78. The van der Waals surface area contributed by atoms with E-state index in [1.54, 1.807) is 12.1 Å². The van der Waals surface area contributed by atoms with Crippen molar-refractivity contribution < 1.29 is 14.3 Å². The molecule has 1 aromatic carbocycles. The van der Waals surface area contributed by atoms with Crippen LogP contribution in [0.15, 0.2) is 12.1 Å². The molecule has 5 heteroatoms. The summed E-state index contributed by atoms with van der Waals surface area (Å²) < 4.78 is 11.0. The summed E-state index contributed by atoms with van der Waals surface area (Å²) in [5.41, 5.74) is 8.16. The number of rotatable bonds is 6. The van der Waals surface area contributed by atoms with E-state index >= 15 is 0 Å². The molecule has 0 unspecified atom stereocenters. The lowest BCUT2D eigenvalue weighted by molar-refractivity contribution is -0.115. The molecule has 1 amide bonds. The molecule has 0 atom stereocenters. The average Bonchev–Trinajstić information content (AvgIpc) is 2.67. The summed E-state index contributed by atoms with van der Waals surface area (Å²) in [5.74, 6) is 1.10. The fourth-order valence-electron chi connectivity index (χ4n) is 1.93. The van der Waals surface area contributed by atoms with Crippen molar-refractivity contribution in [3.63, 3.8) is 0 Å². The van der Waals surface area contributed by atoms with Gasteiger partial charge in [-0.1, -0.05) is 13.8 Å². The maximum atomic E-state index is 11.3. The van der Waals surface area contributed by atoms with Gasteiger partial charge in [-0.15, -0.1) is 0 Å². The molecule has 0 saturated heterocycles. The molecule has 104 valence electrons. The standard InChI is InChI=1S/C14H20N2O3/c1-9(2)8-18-3-4-19-13-7-12-10(5-11(13)15)6-14(17)16-12/h5,7,9H,3-4,6,8,15H2,1-2H3,(H,16,17). The van der Waals surface area contributed by atoms with E-state index in [0.29, 0.717) is 37.0 Å². The topological polar surface area (TPSA) is 73.6 Å². The van der Waals surface area contributed by atoms with Crippen molar-refractivity contribution in [2.45, 2.75) is 20.3 Å². The fourth-order valence-corrected chi connectivity index (χ4v) is 1.93. The van der Waals surface area contributed by atoms with Crippen LogP contribution in [0.25, 0.3) is 0 Å². The average molecular weight is 264 g/mol. The number of nitrogen functional groups attached to an aromatic ring is 1. The Morgan fingerprint density at radius 1 is 1.37 bits per heavy atom. The molecule has 5 nitrogen and oxygen atoms in total. The first-order valence-electron chi connectivity index (χ1n) is 6.49. The first kappa shape index (κ1) is 13.7. The number of hydrogen-bond donors (Lipinski definition) is 2. The van der Waals surface area contributed by atoms with E-state index in [9.17, 15) is 4.79 Å². The summed E-state index contributed by atoms with van der Waals surface area (Å²) in [6.07, 6.45) is 0.386. The van der Waals surface area contributed by atoms with Gasteiger partial charge in [0.1, 0.15) is 12.4 Å². The van der Waals surface area contributed by atoms with E-state index in [-0.39, 0.29) is 5.91 Å². The molecule has 1 heterocycles. The second-order valence-electron chi connectivity index (χ2n) is 5.09. The highest BCUT2D eigenvalue weighted by Crippen LogP contribution is 2.32. The van der Waals surface area contributed by atoms with Gasteiger partial charge in [-0.25, -0.2) is 0 Å². The molecule has 1 aliphatic rings. The second kappa shape index (κ2) is 5.93. The molecule has 0 fully saturated rings. The van der Waals surface area contributed by atoms with Gasteiger partial charge < -0.3 is 20.5 Å². The van der Waals surface area contributed by atoms with Gasteiger partial charge in [0.25, 0.3) is 0 Å². The highest BCUT2D eigenvalue weighted by atomic mass is 16.5. The molecule has 0 aromatic heterocycles. The number of anilines is 2. The Labute approximate surface area is 113 Å². The third kappa shape index (κ3) is 3.61. The van der Waals surface area contributed by atoms with Gasteiger partial charge in [-0.2, -0.15) is 0 Å². The molecule has 0 spiro atoms. The number of hydrogen-bond acceptors (Lipinski definition) is 4. The first-order chi connectivity index (χ1) is 9.06. The van der Waals surface area contributed by atoms with E-state index in [4.69, 9.17) is 15.2 Å². The predicted octanol–water partition coefficient (Wildman–Crippen LogP) is 1.81. The summed E-state index contributed by atoms with van der Waals surface area (Å²) in [7, 11) is 0. The Kier molecular flexibility index (Phi) is 4.27. The molecule has 0 radical (unpaired) electrons. The third-order valence-corrected chi connectivity index (χ3v) is 2.80. The lowest BCUT2D eigenvalue weighted by atomic mass is 10.1. The predicted molar refractivity (Wildman–Crippen MR) is 74.3 cm³/mol. The number of ether oxygens (including phenoxy) is 2. The van der Waals surface area contributed by atoms with Crippen LogP contribution in [0.3, 0.4) is 0 Å². The smallest absolute Gasteiger partial charge is 0.228 e. The van der Waals surface area contributed by atoms with Crippen LogP contribution in [-0.2, 0) is 16.0 Å². The maximum absolute atomic E-state index is 11.3. The van der Waals surface area contributed by atoms with Crippen molar-refractivity contribution in [2.24, 2.45) is 5.92 Å². The number of nitrogens with one attached hydrogen (secondary N) is 1. The highest BCUT2D eigenvalue weighted by molar-refractivity contribution is 6.00. The van der Waals surface area contributed by atoms with Crippen LogP contribution in [0.2, 0.25) is 0 Å². The molecule has 0 aliphatic carbocycles. The normalized spacial score (nSPS) is 13.5. The summed E-state index contributed by atoms with van der Waals surface area (Å²) in [4.78, 5) is 11.3.